The summed E-state index contributed by atoms with van der Waals surface area (Å²) in [5.41, 5.74) is 2.27. The Labute approximate surface area is 117 Å². The Morgan fingerprint density at radius 1 is 1.16 bits per heavy atom. The zero-order chi connectivity index (χ0) is 14.0. The highest BCUT2D eigenvalue weighted by Gasteiger charge is 2.29. The van der Waals surface area contributed by atoms with Crippen molar-refractivity contribution in [2.75, 3.05) is 13.1 Å². The van der Waals surface area contributed by atoms with E-state index >= 15 is 0 Å². The van der Waals surface area contributed by atoms with Gasteiger partial charge in [-0.1, -0.05) is 43.7 Å². The molecule has 1 fully saturated rings. The zero-order valence-corrected chi connectivity index (χ0v) is 12.6. The van der Waals surface area contributed by atoms with E-state index in [1.165, 1.54) is 12.0 Å². The van der Waals surface area contributed by atoms with Crippen LogP contribution >= 0.6 is 0 Å². The molecule has 1 aliphatic rings. The van der Waals surface area contributed by atoms with E-state index in [2.05, 4.69) is 44.7 Å². The second-order valence-corrected chi connectivity index (χ2v) is 6.33. The molecule has 0 bridgehead atoms. The summed E-state index contributed by atoms with van der Waals surface area (Å²) in [5.74, 6) is 1.53. The van der Waals surface area contributed by atoms with Gasteiger partial charge in [-0.25, -0.2) is 0 Å². The average molecular weight is 261 g/mol. The first-order chi connectivity index (χ1) is 8.99. The summed E-state index contributed by atoms with van der Waals surface area (Å²) in [4.78, 5) is 2.44. The summed E-state index contributed by atoms with van der Waals surface area (Å²) in [6.07, 6.45) is 0.854. The molecule has 1 aromatic rings. The molecule has 0 aromatic heterocycles. The van der Waals surface area contributed by atoms with Gasteiger partial charge < -0.3 is 5.11 Å². The van der Waals surface area contributed by atoms with Crippen molar-refractivity contribution in [3.05, 3.63) is 35.4 Å². The fraction of sp³-hybridized carbons (Fsp3) is 0.647. The summed E-state index contributed by atoms with van der Waals surface area (Å²) in [6.45, 7) is 11.1. The highest BCUT2D eigenvalue weighted by atomic mass is 16.3. The molecule has 0 radical (unpaired) electrons. The Balaban J connectivity index is 2.02. The third kappa shape index (κ3) is 3.37. The number of nitrogens with zero attached hydrogens (tertiary/aromatic N) is 1. The van der Waals surface area contributed by atoms with Crippen LogP contribution in [0.5, 0.6) is 0 Å². The van der Waals surface area contributed by atoms with Crippen molar-refractivity contribution in [3.63, 3.8) is 0 Å². The molecule has 0 aliphatic carbocycles. The zero-order valence-electron chi connectivity index (χ0n) is 12.6. The summed E-state index contributed by atoms with van der Waals surface area (Å²) in [5, 5.41) is 10.5. The van der Waals surface area contributed by atoms with Crippen LogP contribution in [0.25, 0.3) is 0 Å². The van der Waals surface area contributed by atoms with Crippen LogP contribution in [-0.4, -0.2) is 29.1 Å². The molecule has 2 nitrogen and oxygen atoms in total. The number of rotatable bonds is 3. The number of aryl methyl sites for hydroxylation is 1. The molecule has 2 heteroatoms. The number of aliphatic hydroxyl groups excluding tert-OH is 1. The highest BCUT2D eigenvalue weighted by Crippen LogP contribution is 2.28. The van der Waals surface area contributed by atoms with Crippen LogP contribution in [-0.2, 0) is 0 Å². The first-order valence-corrected chi connectivity index (χ1v) is 7.47. The number of aliphatic hydroxyl groups is 1. The molecule has 0 amide bonds. The molecule has 106 valence electrons. The third-order valence-corrected chi connectivity index (χ3v) is 4.82. The van der Waals surface area contributed by atoms with Crippen LogP contribution in [0.4, 0.5) is 0 Å². The minimum atomic E-state index is -0.388. The first-order valence-electron chi connectivity index (χ1n) is 7.47. The predicted molar refractivity (Wildman–Crippen MR) is 80.1 cm³/mol. The fourth-order valence-electron chi connectivity index (χ4n) is 2.91. The van der Waals surface area contributed by atoms with Crippen molar-refractivity contribution in [3.8, 4) is 0 Å². The molecule has 1 N–H and O–H groups in total. The summed E-state index contributed by atoms with van der Waals surface area (Å²) < 4.78 is 0. The standard InChI is InChI=1S/C17H27NO/c1-12-5-7-16(8-6-12)17(19)15(4)18-10-9-13(2)14(3)11-18/h5-8,13-15,17,19H,9-11H2,1-4H3. The van der Waals surface area contributed by atoms with Crippen LogP contribution in [0.1, 0.15) is 44.4 Å². The molecular formula is C17H27NO. The summed E-state index contributed by atoms with van der Waals surface area (Å²) >= 11 is 0. The second kappa shape index (κ2) is 6.06. The van der Waals surface area contributed by atoms with Gasteiger partial charge in [0.2, 0.25) is 0 Å². The van der Waals surface area contributed by atoms with Crippen LogP contribution in [0.15, 0.2) is 24.3 Å². The Hall–Kier alpha value is -0.860. The van der Waals surface area contributed by atoms with E-state index in [4.69, 9.17) is 0 Å². The van der Waals surface area contributed by atoms with Gasteiger partial charge in [-0.3, -0.25) is 4.90 Å². The van der Waals surface area contributed by atoms with Gasteiger partial charge in [0.1, 0.15) is 0 Å². The van der Waals surface area contributed by atoms with Gasteiger partial charge in [0.15, 0.2) is 0 Å². The Morgan fingerprint density at radius 2 is 1.79 bits per heavy atom. The van der Waals surface area contributed by atoms with Gasteiger partial charge in [0, 0.05) is 12.6 Å². The maximum absolute atomic E-state index is 10.5. The number of hydrogen-bond donors (Lipinski definition) is 1. The lowest BCUT2D eigenvalue weighted by molar-refractivity contribution is 0.0222. The lowest BCUT2D eigenvalue weighted by atomic mass is 9.87. The monoisotopic (exact) mass is 261 g/mol. The number of hydrogen-bond acceptors (Lipinski definition) is 2. The topological polar surface area (TPSA) is 23.5 Å². The van der Waals surface area contributed by atoms with Gasteiger partial charge in [-0.15, -0.1) is 0 Å². The first kappa shape index (κ1) is 14.5. The average Bonchev–Trinajstić information content (AvgIpc) is 2.41. The Kier molecular flexibility index (Phi) is 4.64. The van der Waals surface area contributed by atoms with Crippen LogP contribution in [0.3, 0.4) is 0 Å². The molecular weight excluding hydrogens is 234 g/mol. The van der Waals surface area contributed by atoms with E-state index in [-0.39, 0.29) is 12.1 Å². The van der Waals surface area contributed by atoms with Crippen LogP contribution < -0.4 is 0 Å². The predicted octanol–water partition coefficient (Wildman–Crippen LogP) is 3.39. The molecule has 1 heterocycles. The van der Waals surface area contributed by atoms with E-state index in [1.54, 1.807) is 0 Å². The molecule has 4 unspecified atom stereocenters. The lowest BCUT2D eigenvalue weighted by Crippen LogP contribution is -2.45. The number of benzene rings is 1. The maximum atomic E-state index is 10.5. The minimum Gasteiger partial charge on any atom is -0.387 e. The SMILES string of the molecule is Cc1ccc(C(O)C(C)N2CCC(C)C(C)C2)cc1. The molecule has 19 heavy (non-hydrogen) atoms. The lowest BCUT2D eigenvalue weighted by Gasteiger charge is -2.40. The summed E-state index contributed by atoms with van der Waals surface area (Å²) in [7, 11) is 0. The minimum absolute atomic E-state index is 0.192. The highest BCUT2D eigenvalue weighted by molar-refractivity contribution is 5.24. The Bertz CT molecular complexity index is 400. The van der Waals surface area contributed by atoms with Gasteiger partial charge in [-0.05, 0) is 44.2 Å². The van der Waals surface area contributed by atoms with Crippen molar-refractivity contribution in [1.82, 2.24) is 4.90 Å². The number of likely N-dealkylation sites (tertiary alicyclic amines) is 1. The number of piperidine rings is 1. The van der Waals surface area contributed by atoms with Crippen molar-refractivity contribution < 1.29 is 5.11 Å². The maximum Gasteiger partial charge on any atom is 0.0942 e. The fourth-order valence-corrected chi connectivity index (χ4v) is 2.91. The second-order valence-electron chi connectivity index (χ2n) is 6.33. The molecule has 0 spiro atoms. The van der Waals surface area contributed by atoms with E-state index in [9.17, 15) is 5.11 Å². The van der Waals surface area contributed by atoms with Gasteiger partial charge >= 0.3 is 0 Å². The van der Waals surface area contributed by atoms with Crippen LogP contribution in [0.2, 0.25) is 0 Å². The molecule has 1 saturated heterocycles. The van der Waals surface area contributed by atoms with Crippen molar-refractivity contribution in [2.24, 2.45) is 11.8 Å². The molecule has 2 rings (SSSR count). The molecule has 4 atom stereocenters. The van der Waals surface area contributed by atoms with E-state index in [0.29, 0.717) is 0 Å². The Morgan fingerprint density at radius 3 is 2.37 bits per heavy atom. The van der Waals surface area contributed by atoms with E-state index in [0.717, 1.165) is 30.5 Å². The molecule has 1 aliphatic heterocycles. The normalized spacial score (nSPS) is 28.1. The largest absolute Gasteiger partial charge is 0.387 e. The van der Waals surface area contributed by atoms with Gasteiger partial charge in [0.05, 0.1) is 6.10 Å². The van der Waals surface area contributed by atoms with Crippen LogP contribution in [0, 0.1) is 18.8 Å². The smallest absolute Gasteiger partial charge is 0.0942 e. The summed E-state index contributed by atoms with van der Waals surface area (Å²) in [6, 6.07) is 8.44. The van der Waals surface area contributed by atoms with Gasteiger partial charge in [0.25, 0.3) is 0 Å². The third-order valence-electron chi connectivity index (χ3n) is 4.82. The quantitative estimate of drug-likeness (QED) is 0.901. The van der Waals surface area contributed by atoms with Crippen molar-refractivity contribution in [1.29, 1.82) is 0 Å². The van der Waals surface area contributed by atoms with Crippen molar-refractivity contribution in [2.45, 2.75) is 46.3 Å². The van der Waals surface area contributed by atoms with E-state index in [1.807, 2.05) is 12.1 Å². The molecule has 1 aromatic carbocycles. The molecule has 0 saturated carbocycles. The van der Waals surface area contributed by atoms with Crippen molar-refractivity contribution >= 4 is 0 Å². The van der Waals surface area contributed by atoms with Gasteiger partial charge in [-0.2, -0.15) is 0 Å². The van der Waals surface area contributed by atoms with E-state index < -0.39 is 0 Å².